The monoisotopic (exact) mass is 523 g/mol. The van der Waals surface area contributed by atoms with E-state index in [0.717, 1.165) is 31.6 Å². The molecule has 0 saturated heterocycles. The second-order valence-corrected chi connectivity index (χ2v) is 13.0. The summed E-state index contributed by atoms with van der Waals surface area (Å²) in [6.07, 6.45) is 28.5. The molecule has 2 N–H and O–H groups in total. The Hall–Kier alpha value is -2.38. The molecule has 4 atom stereocenters. The third kappa shape index (κ3) is 7.85. The first-order valence-electron chi connectivity index (χ1n) is 15.6. The van der Waals surface area contributed by atoms with E-state index in [4.69, 9.17) is 5.73 Å². The van der Waals surface area contributed by atoms with Crippen molar-refractivity contribution in [1.82, 2.24) is 0 Å². The molecule has 1 nitrogen and oxygen atoms in total. The fraction of sp³-hybridized carbons (Fsp3) is 0.526. The molecule has 4 rings (SSSR count). The molecule has 3 unspecified atom stereocenters. The molecule has 0 saturated carbocycles. The fourth-order valence-electron chi connectivity index (χ4n) is 7.55. The van der Waals surface area contributed by atoms with Gasteiger partial charge in [-0.2, -0.15) is 0 Å². The van der Waals surface area contributed by atoms with Crippen LogP contribution in [0.25, 0.3) is 0 Å². The number of allylic oxidation sites excluding steroid dienone is 14. The first kappa shape index (κ1) is 29.6. The minimum Gasteiger partial charge on any atom is -0.327 e. The number of fused-ring (bicyclic) bond motifs is 1. The van der Waals surface area contributed by atoms with Gasteiger partial charge in [-0.3, -0.25) is 0 Å². The molecule has 0 aromatic carbocycles. The highest BCUT2D eigenvalue weighted by atomic mass is 14.5. The van der Waals surface area contributed by atoms with E-state index in [1.165, 1.54) is 84.8 Å². The van der Waals surface area contributed by atoms with E-state index in [2.05, 4.69) is 77.0 Å². The third-order valence-corrected chi connectivity index (χ3v) is 9.67. The molecule has 0 aliphatic heterocycles. The van der Waals surface area contributed by atoms with E-state index in [0.29, 0.717) is 24.3 Å². The van der Waals surface area contributed by atoms with Crippen molar-refractivity contribution in [1.29, 1.82) is 0 Å². The Morgan fingerprint density at radius 2 is 1.97 bits per heavy atom. The van der Waals surface area contributed by atoms with Crippen molar-refractivity contribution < 1.29 is 0 Å². The third-order valence-electron chi connectivity index (χ3n) is 9.67. The summed E-state index contributed by atoms with van der Waals surface area (Å²) in [7, 11) is 0. The summed E-state index contributed by atoms with van der Waals surface area (Å²) in [5.41, 5.74) is 18.7. The van der Waals surface area contributed by atoms with Crippen molar-refractivity contribution in [2.75, 3.05) is 6.54 Å². The van der Waals surface area contributed by atoms with Gasteiger partial charge in [-0.05, 0) is 131 Å². The zero-order valence-corrected chi connectivity index (χ0v) is 25.2. The van der Waals surface area contributed by atoms with Crippen LogP contribution in [0.2, 0.25) is 0 Å². The molecule has 0 fully saturated rings. The van der Waals surface area contributed by atoms with Crippen molar-refractivity contribution in [3.05, 3.63) is 106 Å². The summed E-state index contributed by atoms with van der Waals surface area (Å²) in [6, 6.07) is 0. The van der Waals surface area contributed by atoms with E-state index >= 15 is 0 Å². The van der Waals surface area contributed by atoms with Crippen LogP contribution in [0.3, 0.4) is 0 Å². The average molecular weight is 524 g/mol. The highest BCUT2D eigenvalue weighted by Crippen LogP contribution is 2.43. The number of nitrogens with two attached hydrogens (primary N) is 1. The van der Waals surface area contributed by atoms with Gasteiger partial charge >= 0.3 is 0 Å². The Morgan fingerprint density at radius 3 is 2.74 bits per heavy atom. The van der Waals surface area contributed by atoms with Crippen molar-refractivity contribution in [2.45, 2.75) is 97.8 Å². The molecule has 1 heteroatoms. The molecule has 0 heterocycles. The smallest absolute Gasteiger partial charge is 0.0134 e. The Morgan fingerprint density at radius 1 is 1.15 bits per heavy atom. The maximum Gasteiger partial charge on any atom is 0.0134 e. The van der Waals surface area contributed by atoms with Gasteiger partial charge < -0.3 is 5.73 Å². The molecule has 210 valence electrons. The minimum absolute atomic E-state index is 0.603. The lowest BCUT2D eigenvalue weighted by Gasteiger charge is -2.30. The van der Waals surface area contributed by atoms with Crippen LogP contribution in [0, 0.1) is 23.7 Å². The zero-order valence-electron chi connectivity index (χ0n) is 25.2. The minimum atomic E-state index is 0.603. The lowest BCUT2D eigenvalue weighted by Crippen LogP contribution is -2.17. The van der Waals surface area contributed by atoms with Crippen LogP contribution in [0.4, 0.5) is 0 Å². The van der Waals surface area contributed by atoms with Gasteiger partial charge in [-0.15, -0.1) is 0 Å². The Balaban J connectivity index is 1.37. The molecule has 4 aliphatic carbocycles. The van der Waals surface area contributed by atoms with Gasteiger partial charge in [0.2, 0.25) is 0 Å². The average Bonchev–Trinajstić information content (AvgIpc) is 3.45. The number of hydrogen-bond acceptors (Lipinski definition) is 1. The summed E-state index contributed by atoms with van der Waals surface area (Å²) in [4.78, 5) is 0. The van der Waals surface area contributed by atoms with Crippen molar-refractivity contribution >= 4 is 0 Å². The summed E-state index contributed by atoms with van der Waals surface area (Å²) < 4.78 is 0. The van der Waals surface area contributed by atoms with E-state index in [9.17, 15) is 0 Å². The Bertz CT molecular complexity index is 1140. The topological polar surface area (TPSA) is 26.0 Å². The molecule has 4 aliphatic rings. The first-order valence-corrected chi connectivity index (χ1v) is 15.6. The maximum atomic E-state index is 5.83. The maximum absolute atomic E-state index is 5.83. The molecular formula is C38H53N. The summed E-state index contributed by atoms with van der Waals surface area (Å²) >= 11 is 0. The quantitative estimate of drug-likeness (QED) is 0.239. The fourth-order valence-corrected chi connectivity index (χ4v) is 7.55. The molecule has 0 aromatic rings. The van der Waals surface area contributed by atoms with E-state index < -0.39 is 0 Å². The predicted molar refractivity (Wildman–Crippen MR) is 171 cm³/mol. The van der Waals surface area contributed by atoms with Crippen LogP contribution >= 0.6 is 0 Å². The van der Waals surface area contributed by atoms with Crippen LogP contribution in [0.1, 0.15) is 97.8 Å². The van der Waals surface area contributed by atoms with Gasteiger partial charge in [-0.25, -0.2) is 0 Å². The van der Waals surface area contributed by atoms with Crippen LogP contribution < -0.4 is 5.73 Å². The van der Waals surface area contributed by atoms with E-state index in [1.54, 1.807) is 16.7 Å². The number of hydrogen-bond donors (Lipinski definition) is 1. The van der Waals surface area contributed by atoms with Crippen molar-refractivity contribution in [3.8, 4) is 0 Å². The molecule has 0 aromatic heterocycles. The Labute approximate surface area is 239 Å². The molecule has 0 amide bonds. The predicted octanol–water partition coefficient (Wildman–Crippen LogP) is 10.4. The Kier molecular flexibility index (Phi) is 10.5. The van der Waals surface area contributed by atoms with Crippen molar-refractivity contribution in [3.63, 3.8) is 0 Å². The summed E-state index contributed by atoms with van der Waals surface area (Å²) in [6.45, 7) is 20.8. The second-order valence-electron chi connectivity index (χ2n) is 13.0. The zero-order chi connectivity index (χ0) is 27.9. The summed E-state index contributed by atoms with van der Waals surface area (Å²) in [5.74, 6) is 2.84. The second kappa shape index (κ2) is 13.8. The molecular weight excluding hydrogens is 470 g/mol. The van der Waals surface area contributed by atoms with Crippen LogP contribution in [0.15, 0.2) is 106 Å². The van der Waals surface area contributed by atoms with Gasteiger partial charge in [0, 0.05) is 6.54 Å². The molecule has 39 heavy (non-hydrogen) atoms. The first-order chi connectivity index (χ1) is 18.8. The van der Waals surface area contributed by atoms with Crippen LogP contribution in [-0.4, -0.2) is 6.54 Å². The van der Waals surface area contributed by atoms with Crippen LogP contribution in [-0.2, 0) is 0 Å². The molecule has 0 radical (unpaired) electrons. The standard InChI is InChI=1S/C38H53N/c1-7-37-36(24-34-12-8-9-14-38(34)37)21-28(4)17-27(3)18-32(13-10-11-26(2)25-39)30(6)22-31-15-16-33-19-29(5)20-35(33)23-31/h7,9,14,20-21,23,30,32-33,35H,2-4,8,10-13,15-19,22,24-25,39H2,1,5-6H3/b36-21-,37-7+/t30-,32?,33?,35?/m1/s1. The van der Waals surface area contributed by atoms with Gasteiger partial charge in [0.15, 0.2) is 0 Å². The van der Waals surface area contributed by atoms with E-state index in [1.807, 2.05) is 0 Å². The highest BCUT2D eigenvalue weighted by molar-refractivity contribution is 5.63. The lowest BCUT2D eigenvalue weighted by atomic mass is 9.76. The van der Waals surface area contributed by atoms with Crippen LogP contribution in [0.5, 0.6) is 0 Å². The van der Waals surface area contributed by atoms with Gasteiger partial charge in [0.1, 0.15) is 0 Å². The molecule has 0 bridgehead atoms. The van der Waals surface area contributed by atoms with Gasteiger partial charge in [0.25, 0.3) is 0 Å². The highest BCUT2D eigenvalue weighted by Gasteiger charge is 2.29. The van der Waals surface area contributed by atoms with E-state index in [-0.39, 0.29) is 0 Å². The largest absolute Gasteiger partial charge is 0.327 e. The molecule has 0 spiro atoms. The SMILES string of the molecule is C=C(/C=C1/CC2=C(C=CCC2)/C1=C/C)CC(=C)CC(CCCC(=C)CN)[C@H](C)CC1=CC2C=C(C)CC2CC1. The number of rotatable bonds is 13. The normalized spacial score (nSPS) is 25.8. The lowest BCUT2D eigenvalue weighted by molar-refractivity contribution is 0.312. The van der Waals surface area contributed by atoms with Gasteiger partial charge in [0.05, 0.1) is 0 Å². The summed E-state index contributed by atoms with van der Waals surface area (Å²) in [5, 5.41) is 0. The van der Waals surface area contributed by atoms with Crippen molar-refractivity contribution in [2.24, 2.45) is 29.4 Å². The van der Waals surface area contributed by atoms with Gasteiger partial charge in [-0.1, -0.05) is 96.6 Å².